The van der Waals surface area contributed by atoms with Gasteiger partial charge in [0.05, 0.1) is 41.2 Å². The van der Waals surface area contributed by atoms with Crippen LogP contribution in [0.1, 0.15) is 11.3 Å². The van der Waals surface area contributed by atoms with Crippen LogP contribution in [0.5, 0.6) is 5.75 Å². The number of nitrogens with one attached hydrogen (secondary N) is 1. The summed E-state index contributed by atoms with van der Waals surface area (Å²) in [4.78, 5) is 32.9. The summed E-state index contributed by atoms with van der Waals surface area (Å²) in [5.74, 6) is 0.431. The van der Waals surface area contributed by atoms with Gasteiger partial charge in [0.1, 0.15) is 17.3 Å². The Morgan fingerprint density at radius 3 is 2.61 bits per heavy atom. The van der Waals surface area contributed by atoms with E-state index in [-0.39, 0.29) is 29.1 Å². The minimum atomic E-state index is -0.553. The first-order valence-electron chi connectivity index (χ1n) is 8.86. The third kappa shape index (κ3) is 5.09. The highest BCUT2D eigenvalue weighted by molar-refractivity contribution is 5.83. The number of methoxy groups -OCH3 is 1. The number of rotatable bonds is 8. The second-order valence-corrected chi connectivity index (χ2v) is 6.20. The number of nitrogens with zero attached hydrogens (tertiary/aromatic N) is 3. The van der Waals surface area contributed by atoms with E-state index in [0.29, 0.717) is 17.1 Å². The lowest BCUT2D eigenvalue weighted by Gasteiger charge is -2.05. The summed E-state index contributed by atoms with van der Waals surface area (Å²) in [5, 5.41) is 25.7. The first-order valence-corrected chi connectivity index (χ1v) is 8.86. The second-order valence-electron chi connectivity index (χ2n) is 6.20. The molecule has 11 nitrogen and oxygen atoms in total. The molecule has 0 bridgehead atoms. The zero-order valence-corrected chi connectivity index (χ0v) is 16.2. The van der Waals surface area contributed by atoms with Gasteiger partial charge in [0.25, 0.3) is 11.4 Å². The Kier molecular flexibility index (Phi) is 6.36. The fraction of sp³-hybridized carbons (Fsp3) is 0.100. The van der Waals surface area contributed by atoms with Crippen molar-refractivity contribution >= 4 is 23.5 Å². The molecule has 0 saturated carbocycles. The monoisotopic (exact) mass is 424 g/mol. The van der Waals surface area contributed by atoms with Gasteiger partial charge in [0, 0.05) is 17.7 Å². The molecule has 0 radical (unpaired) electrons. The first-order chi connectivity index (χ1) is 14.9. The highest BCUT2D eigenvalue weighted by Crippen LogP contribution is 2.34. The average Bonchev–Trinajstić information content (AvgIpc) is 3.22. The first kappa shape index (κ1) is 21.2. The third-order valence-electron chi connectivity index (χ3n) is 4.21. The summed E-state index contributed by atoms with van der Waals surface area (Å²) >= 11 is 0. The van der Waals surface area contributed by atoms with E-state index < -0.39 is 15.8 Å². The number of hydrazone groups is 1. The van der Waals surface area contributed by atoms with Gasteiger partial charge in [0.2, 0.25) is 5.91 Å². The van der Waals surface area contributed by atoms with Crippen LogP contribution in [0.2, 0.25) is 0 Å². The number of carbonyl (C=O) groups excluding carboxylic acids is 1. The van der Waals surface area contributed by atoms with Crippen LogP contribution >= 0.6 is 0 Å². The molecule has 0 aliphatic heterocycles. The number of nitro benzene ring substituents is 2. The number of benzene rings is 2. The van der Waals surface area contributed by atoms with Crippen molar-refractivity contribution < 1.29 is 23.8 Å². The maximum Gasteiger partial charge on any atom is 0.273 e. The van der Waals surface area contributed by atoms with E-state index in [9.17, 15) is 25.0 Å². The van der Waals surface area contributed by atoms with E-state index in [4.69, 9.17) is 9.15 Å². The molecule has 0 aliphatic carbocycles. The van der Waals surface area contributed by atoms with E-state index in [1.807, 2.05) is 0 Å². The van der Waals surface area contributed by atoms with Crippen LogP contribution < -0.4 is 10.2 Å². The van der Waals surface area contributed by atoms with Crippen molar-refractivity contribution in [1.82, 2.24) is 5.43 Å². The molecular weight excluding hydrogens is 408 g/mol. The Hall–Kier alpha value is -4.54. The Balaban J connectivity index is 1.67. The van der Waals surface area contributed by atoms with Gasteiger partial charge in [0.15, 0.2) is 0 Å². The maximum absolute atomic E-state index is 12.0. The molecule has 31 heavy (non-hydrogen) atoms. The van der Waals surface area contributed by atoms with E-state index in [1.54, 1.807) is 18.2 Å². The molecule has 1 N–H and O–H groups in total. The van der Waals surface area contributed by atoms with Gasteiger partial charge in [-0.1, -0.05) is 18.2 Å². The van der Waals surface area contributed by atoms with Crippen LogP contribution in [-0.2, 0) is 11.2 Å². The number of hydrogen-bond acceptors (Lipinski definition) is 8. The molecule has 1 amide bonds. The van der Waals surface area contributed by atoms with Crippen molar-refractivity contribution in [3.63, 3.8) is 0 Å². The molecule has 11 heteroatoms. The number of furan rings is 1. The van der Waals surface area contributed by atoms with Crippen LogP contribution in [0.15, 0.2) is 64.1 Å². The molecule has 1 heterocycles. The van der Waals surface area contributed by atoms with Gasteiger partial charge in [-0.2, -0.15) is 5.10 Å². The van der Waals surface area contributed by atoms with Gasteiger partial charge in [-0.15, -0.1) is 0 Å². The lowest BCUT2D eigenvalue weighted by Crippen LogP contribution is -2.20. The minimum Gasteiger partial charge on any atom is -0.496 e. The predicted molar refractivity (Wildman–Crippen MR) is 110 cm³/mol. The fourth-order valence-electron chi connectivity index (χ4n) is 2.78. The minimum absolute atomic E-state index is 0.115. The third-order valence-corrected chi connectivity index (χ3v) is 4.21. The van der Waals surface area contributed by atoms with Gasteiger partial charge in [-0.05, 0) is 18.2 Å². The SMILES string of the molecule is COc1cc([N+](=O)[O-])ccc1-c1ccc(/C=N/NC(=O)Cc2ccccc2[N+](=O)[O-])o1. The molecule has 0 atom stereocenters. The molecule has 0 fully saturated rings. The zero-order valence-electron chi connectivity index (χ0n) is 16.2. The standard InChI is InChI=1S/C20H16N4O7/c1-30-19-11-14(23(26)27)6-8-16(19)18-9-7-15(31-18)12-21-22-20(25)10-13-4-2-3-5-17(13)24(28)29/h2-9,11-12H,10H2,1H3,(H,22,25)/b21-12+. The molecule has 3 aromatic rings. The Morgan fingerprint density at radius 1 is 1.13 bits per heavy atom. The lowest BCUT2D eigenvalue weighted by molar-refractivity contribution is -0.385. The molecule has 158 valence electrons. The van der Waals surface area contributed by atoms with Crippen molar-refractivity contribution in [3.05, 3.63) is 86.1 Å². The number of carbonyl (C=O) groups is 1. The summed E-state index contributed by atoms with van der Waals surface area (Å²) in [5.41, 5.74) is 2.80. The highest BCUT2D eigenvalue weighted by Gasteiger charge is 2.16. The molecule has 0 saturated heterocycles. The van der Waals surface area contributed by atoms with Gasteiger partial charge in [-0.25, -0.2) is 5.43 Å². The van der Waals surface area contributed by atoms with Crippen molar-refractivity contribution in [3.8, 4) is 17.1 Å². The van der Waals surface area contributed by atoms with Gasteiger partial charge >= 0.3 is 0 Å². The topological polar surface area (TPSA) is 150 Å². The van der Waals surface area contributed by atoms with E-state index >= 15 is 0 Å². The molecular formula is C20H16N4O7. The molecule has 2 aromatic carbocycles. The smallest absolute Gasteiger partial charge is 0.273 e. The summed E-state index contributed by atoms with van der Waals surface area (Å²) < 4.78 is 10.8. The van der Waals surface area contributed by atoms with Crippen molar-refractivity contribution in [2.45, 2.75) is 6.42 Å². The van der Waals surface area contributed by atoms with Crippen LogP contribution in [0.3, 0.4) is 0 Å². The number of non-ortho nitro benzene ring substituents is 1. The van der Waals surface area contributed by atoms with Crippen molar-refractivity contribution in [2.24, 2.45) is 5.10 Å². The molecule has 0 spiro atoms. The normalized spacial score (nSPS) is 10.7. The van der Waals surface area contributed by atoms with Crippen molar-refractivity contribution in [2.75, 3.05) is 7.11 Å². The molecule has 0 unspecified atom stereocenters. The highest BCUT2D eigenvalue weighted by atomic mass is 16.6. The zero-order chi connectivity index (χ0) is 22.4. The number of nitro groups is 2. The van der Waals surface area contributed by atoms with Crippen LogP contribution in [0.25, 0.3) is 11.3 Å². The van der Waals surface area contributed by atoms with E-state index in [0.717, 1.165) is 0 Å². The van der Waals surface area contributed by atoms with Crippen LogP contribution in [-0.4, -0.2) is 29.1 Å². The van der Waals surface area contributed by atoms with Crippen molar-refractivity contribution in [1.29, 1.82) is 0 Å². The molecule has 3 rings (SSSR count). The average molecular weight is 424 g/mol. The summed E-state index contributed by atoms with van der Waals surface area (Å²) in [6.45, 7) is 0. The largest absolute Gasteiger partial charge is 0.496 e. The van der Waals surface area contributed by atoms with Crippen LogP contribution in [0, 0.1) is 20.2 Å². The summed E-state index contributed by atoms with van der Waals surface area (Å²) in [6.07, 6.45) is 1.05. The maximum atomic E-state index is 12.0. The second kappa shape index (κ2) is 9.31. The lowest BCUT2D eigenvalue weighted by atomic mass is 10.1. The number of para-hydroxylation sites is 1. The van der Waals surface area contributed by atoms with Crippen LogP contribution in [0.4, 0.5) is 11.4 Å². The van der Waals surface area contributed by atoms with Gasteiger partial charge in [-0.3, -0.25) is 25.0 Å². The summed E-state index contributed by atoms with van der Waals surface area (Å²) in [6, 6.07) is 13.3. The number of ether oxygens (including phenoxy) is 1. The van der Waals surface area contributed by atoms with E-state index in [1.165, 1.54) is 49.7 Å². The Labute approximate surface area is 175 Å². The fourth-order valence-corrected chi connectivity index (χ4v) is 2.78. The molecule has 1 aromatic heterocycles. The molecule has 0 aliphatic rings. The Morgan fingerprint density at radius 2 is 1.90 bits per heavy atom. The van der Waals surface area contributed by atoms with Gasteiger partial charge < -0.3 is 9.15 Å². The predicted octanol–water partition coefficient (Wildman–Crippen LogP) is 3.46. The summed E-state index contributed by atoms with van der Waals surface area (Å²) in [7, 11) is 1.39. The Bertz CT molecular complexity index is 1170. The quantitative estimate of drug-likeness (QED) is 0.330. The number of hydrogen-bond donors (Lipinski definition) is 1. The van der Waals surface area contributed by atoms with E-state index in [2.05, 4.69) is 10.5 Å². The number of amides is 1.